The van der Waals surface area contributed by atoms with Crippen molar-refractivity contribution in [2.24, 2.45) is 5.92 Å². The Labute approximate surface area is 123 Å². The molecular weight excluding hydrogens is 280 g/mol. The number of nitrogens with one attached hydrogen (secondary N) is 1. The van der Waals surface area contributed by atoms with Gasteiger partial charge in [0.15, 0.2) is 0 Å². The van der Waals surface area contributed by atoms with Crippen LogP contribution in [0.4, 0.5) is 4.79 Å². The number of hydrogen-bond acceptors (Lipinski definition) is 2. The summed E-state index contributed by atoms with van der Waals surface area (Å²) < 4.78 is 0. The third-order valence-corrected chi connectivity index (χ3v) is 3.17. The summed E-state index contributed by atoms with van der Waals surface area (Å²) in [5, 5.41) is 12.2. The van der Waals surface area contributed by atoms with E-state index in [1.807, 2.05) is 12.1 Å². The third-order valence-electron chi connectivity index (χ3n) is 2.92. The zero-order valence-corrected chi connectivity index (χ0v) is 12.4. The lowest BCUT2D eigenvalue weighted by atomic mass is 10.1. The van der Waals surface area contributed by atoms with E-state index in [0.29, 0.717) is 18.0 Å². The molecule has 0 saturated heterocycles. The molecule has 0 aromatic heterocycles. The molecule has 0 fully saturated rings. The van der Waals surface area contributed by atoms with Crippen molar-refractivity contribution in [3.05, 3.63) is 34.9 Å². The Bertz CT molecular complexity index is 462. The van der Waals surface area contributed by atoms with Crippen LogP contribution in [-0.2, 0) is 11.2 Å². The van der Waals surface area contributed by atoms with Crippen molar-refractivity contribution in [2.45, 2.75) is 13.3 Å². The maximum absolute atomic E-state index is 11.7. The van der Waals surface area contributed by atoms with Crippen LogP contribution in [0.5, 0.6) is 0 Å². The van der Waals surface area contributed by atoms with Crippen LogP contribution in [0.1, 0.15) is 12.5 Å². The second kappa shape index (κ2) is 7.75. The van der Waals surface area contributed by atoms with E-state index in [1.165, 1.54) is 4.90 Å². The molecule has 6 heteroatoms. The average Bonchev–Trinajstić information content (AvgIpc) is 2.40. The first-order valence-electron chi connectivity index (χ1n) is 6.36. The largest absolute Gasteiger partial charge is 0.481 e. The van der Waals surface area contributed by atoms with Gasteiger partial charge in [0.25, 0.3) is 0 Å². The van der Waals surface area contributed by atoms with Crippen molar-refractivity contribution in [3.63, 3.8) is 0 Å². The Morgan fingerprint density at radius 2 is 1.95 bits per heavy atom. The van der Waals surface area contributed by atoms with Crippen LogP contribution in [0, 0.1) is 5.92 Å². The maximum atomic E-state index is 11.7. The van der Waals surface area contributed by atoms with Gasteiger partial charge >= 0.3 is 12.0 Å². The van der Waals surface area contributed by atoms with Crippen LogP contribution in [0.2, 0.25) is 5.02 Å². The Morgan fingerprint density at radius 3 is 2.50 bits per heavy atom. The second-order valence-corrected chi connectivity index (χ2v) is 5.16. The molecule has 20 heavy (non-hydrogen) atoms. The fourth-order valence-corrected chi connectivity index (χ4v) is 1.80. The van der Waals surface area contributed by atoms with Gasteiger partial charge in [0.1, 0.15) is 0 Å². The molecule has 1 aromatic rings. The van der Waals surface area contributed by atoms with E-state index < -0.39 is 11.9 Å². The third kappa shape index (κ3) is 5.48. The van der Waals surface area contributed by atoms with E-state index in [-0.39, 0.29) is 12.6 Å². The van der Waals surface area contributed by atoms with Gasteiger partial charge in [-0.25, -0.2) is 4.79 Å². The van der Waals surface area contributed by atoms with Crippen molar-refractivity contribution in [1.82, 2.24) is 10.2 Å². The molecule has 0 aliphatic heterocycles. The van der Waals surface area contributed by atoms with E-state index in [1.54, 1.807) is 26.1 Å². The van der Waals surface area contributed by atoms with Gasteiger partial charge in [-0.05, 0) is 24.1 Å². The average molecular weight is 299 g/mol. The maximum Gasteiger partial charge on any atom is 0.317 e. The minimum absolute atomic E-state index is 0.183. The number of aliphatic carboxylic acids is 1. The number of carbonyl (C=O) groups excluding carboxylic acids is 1. The highest BCUT2D eigenvalue weighted by Crippen LogP contribution is 2.09. The Kier molecular flexibility index (Phi) is 6.31. The quantitative estimate of drug-likeness (QED) is 0.846. The van der Waals surface area contributed by atoms with Crippen molar-refractivity contribution in [3.8, 4) is 0 Å². The van der Waals surface area contributed by atoms with Crippen molar-refractivity contribution in [1.29, 1.82) is 0 Å². The molecule has 0 radical (unpaired) electrons. The van der Waals surface area contributed by atoms with Gasteiger partial charge in [0, 0.05) is 25.2 Å². The number of benzene rings is 1. The summed E-state index contributed by atoms with van der Waals surface area (Å²) in [5.41, 5.74) is 1.08. The normalized spacial score (nSPS) is 11.8. The number of carbonyl (C=O) groups is 2. The van der Waals surface area contributed by atoms with Crippen LogP contribution in [0.25, 0.3) is 0 Å². The molecule has 2 N–H and O–H groups in total. The minimum Gasteiger partial charge on any atom is -0.481 e. The molecular formula is C14H19ClN2O3. The van der Waals surface area contributed by atoms with E-state index in [4.69, 9.17) is 16.7 Å². The number of carboxylic acid groups (broad SMARTS) is 1. The van der Waals surface area contributed by atoms with Crippen LogP contribution in [-0.4, -0.2) is 42.1 Å². The van der Waals surface area contributed by atoms with E-state index >= 15 is 0 Å². The van der Waals surface area contributed by atoms with E-state index in [9.17, 15) is 9.59 Å². The molecule has 0 aliphatic carbocycles. The number of hydrogen-bond donors (Lipinski definition) is 2. The summed E-state index contributed by atoms with van der Waals surface area (Å²) >= 11 is 5.79. The van der Waals surface area contributed by atoms with Gasteiger partial charge in [-0.3, -0.25) is 4.79 Å². The number of urea groups is 1. The second-order valence-electron chi connectivity index (χ2n) is 4.73. The van der Waals surface area contributed by atoms with E-state index in [0.717, 1.165) is 5.56 Å². The van der Waals surface area contributed by atoms with Gasteiger partial charge in [-0.1, -0.05) is 30.7 Å². The first-order chi connectivity index (χ1) is 9.40. The molecule has 0 heterocycles. The molecule has 110 valence electrons. The Hall–Kier alpha value is -1.75. The molecule has 0 spiro atoms. The number of carboxylic acids is 1. The summed E-state index contributed by atoms with van der Waals surface area (Å²) in [6.45, 7) is 2.24. The smallest absolute Gasteiger partial charge is 0.317 e. The Balaban J connectivity index is 2.32. The summed E-state index contributed by atoms with van der Waals surface area (Å²) in [6.07, 6.45) is 0.700. The highest BCUT2D eigenvalue weighted by molar-refractivity contribution is 6.30. The molecule has 1 atom stereocenters. The molecule has 0 bridgehead atoms. The zero-order chi connectivity index (χ0) is 15.1. The van der Waals surface area contributed by atoms with E-state index in [2.05, 4.69) is 5.32 Å². The summed E-state index contributed by atoms with van der Waals surface area (Å²) in [6, 6.07) is 7.15. The topological polar surface area (TPSA) is 69.6 Å². The molecule has 1 unspecified atom stereocenters. The van der Waals surface area contributed by atoms with Crippen LogP contribution >= 0.6 is 11.6 Å². The van der Waals surface area contributed by atoms with Gasteiger partial charge < -0.3 is 15.3 Å². The highest BCUT2D eigenvalue weighted by Gasteiger charge is 2.16. The van der Waals surface area contributed by atoms with Gasteiger partial charge in [-0.15, -0.1) is 0 Å². The number of rotatable bonds is 6. The fraction of sp³-hybridized carbons (Fsp3) is 0.429. The predicted molar refractivity (Wildman–Crippen MR) is 78.0 cm³/mol. The van der Waals surface area contributed by atoms with Crippen LogP contribution in [0.3, 0.4) is 0 Å². The minimum atomic E-state index is -0.911. The molecule has 2 amide bonds. The summed E-state index contributed by atoms with van der Waals surface area (Å²) in [4.78, 5) is 23.8. The van der Waals surface area contributed by atoms with Crippen molar-refractivity contribution < 1.29 is 14.7 Å². The SMILES string of the molecule is CC(CN(C)C(=O)NCCc1ccc(Cl)cc1)C(=O)O. The Morgan fingerprint density at radius 1 is 1.35 bits per heavy atom. The van der Waals surface area contributed by atoms with Gasteiger partial charge in [-0.2, -0.15) is 0 Å². The summed E-state index contributed by atoms with van der Waals surface area (Å²) in [7, 11) is 1.58. The molecule has 1 aromatic carbocycles. The first kappa shape index (κ1) is 16.3. The standard InChI is InChI=1S/C14H19ClN2O3/c1-10(13(18)19)9-17(2)14(20)16-8-7-11-3-5-12(15)6-4-11/h3-6,10H,7-9H2,1-2H3,(H,16,20)(H,18,19). The highest BCUT2D eigenvalue weighted by atomic mass is 35.5. The molecule has 5 nitrogen and oxygen atoms in total. The van der Waals surface area contributed by atoms with Crippen molar-refractivity contribution in [2.75, 3.05) is 20.1 Å². The number of amides is 2. The predicted octanol–water partition coefficient (Wildman–Crippen LogP) is 2.24. The monoisotopic (exact) mass is 298 g/mol. The molecule has 0 saturated carbocycles. The lowest BCUT2D eigenvalue weighted by Crippen LogP contribution is -2.41. The fourth-order valence-electron chi connectivity index (χ4n) is 1.67. The molecule has 0 aliphatic rings. The number of nitrogens with zero attached hydrogens (tertiary/aromatic N) is 1. The van der Waals surface area contributed by atoms with Gasteiger partial charge in [0.2, 0.25) is 0 Å². The first-order valence-corrected chi connectivity index (χ1v) is 6.74. The summed E-state index contributed by atoms with van der Waals surface area (Å²) in [5.74, 6) is -1.49. The molecule has 1 rings (SSSR count). The van der Waals surface area contributed by atoms with Crippen LogP contribution in [0.15, 0.2) is 24.3 Å². The zero-order valence-electron chi connectivity index (χ0n) is 11.6. The lowest BCUT2D eigenvalue weighted by Gasteiger charge is -2.20. The number of halogens is 1. The van der Waals surface area contributed by atoms with Gasteiger partial charge in [0.05, 0.1) is 5.92 Å². The van der Waals surface area contributed by atoms with Crippen LogP contribution < -0.4 is 5.32 Å². The lowest BCUT2D eigenvalue weighted by molar-refractivity contribution is -0.141. The van der Waals surface area contributed by atoms with Crippen molar-refractivity contribution >= 4 is 23.6 Å².